The molecule has 1 rings (SSSR count). The third kappa shape index (κ3) is 2.52. The molecule has 0 spiro atoms. The Kier molecular flexibility index (Phi) is 3.28. The highest BCUT2D eigenvalue weighted by atomic mass is 16.6. The van der Waals surface area contributed by atoms with Crippen LogP contribution in [0.5, 0.6) is 0 Å². The fourth-order valence-corrected chi connectivity index (χ4v) is 1.99. The van der Waals surface area contributed by atoms with Gasteiger partial charge in [-0.3, -0.25) is 9.59 Å². The lowest BCUT2D eigenvalue weighted by Crippen LogP contribution is -2.54. The first-order chi connectivity index (χ1) is 7.17. The lowest BCUT2D eigenvalue weighted by atomic mass is 9.88. The molecule has 0 radical (unpaired) electrons. The van der Waals surface area contributed by atoms with Crippen LogP contribution in [0.2, 0.25) is 0 Å². The molecule has 0 amide bonds. The minimum absolute atomic E-state index is 0.326. The standard InChI is InChI=1S/C11H19NO4/c1-10(2,3)16-8(13)7-5-4-6-11(7,12)9(14)15/h7H,4-6,12H2,1-3H3,(H,14,15). The highest BCUT2D eigenvalue weighted by molar-refractivity contribution is 5.88. The molecular formula is C11H19NO4. The quantitative estimate of drug-likeness (QED) is 0.687. The van der Waals surface area contributed by atoms with Crippen LogP contribution in [-0.2, 0) is 14.3 Å². The first-order valence-corrected chi connectivity index (χ1v) is 5.42. The number of esters is 1. The number of carbonyl (C=O) groups is 2. The Bertz CT molecular complexity index is 308. The molecule has 5 heteroatoms. The molecule has 1 saturated carbocycles. The van der Waals surface area contributed by atoms with Crippen LogP contribution < -0.4 is 5.73 Å². The zero-order valence-electron chi connectivity index (χ0n) is 9.95. The van der Waals surface area contributed by atoms with Crippen molar-refractivity contribution < 1.29 is 19.4 Å². The van der Waals surface area contributed by atoms with E-state index in [4.69, 9.17) is 15.6 Å². The van der Waals surface area contributed by atoms with Crippen LogP contribution in [0.3, 0.4) is 0 Å². The normalized spacial score (nSPS) is 30.1. The second-order valence-electron chi connectivity index (χ2n) is 5.32. The van der Waals surface area contributed by atoms with Crippen molar-refractivity contribution in [1.29, 1.82) is 0 Å². The predicted octanol–water partition coefficient (Wildman–Crippen LogP) is 0.910. The molecule has 0 bridgehead atoms. The van der Waals surface area contributed by atoms with Crippen LogP contribution in [0, 0.1) is 5.92 Å². The average molecular weight is 229 g/mol. The number of nitrogens with two attached hydrogens (primary N) is 1. The van der Waals surface area contributed by atoms with Gasteiger partial charge in [-0.05, 0) is 33.6 Å². The van der Waals surface area contributed by atoms with Gasteiger partial charge in [-0.15, -0.1) is 0 Å². The summed E-state index contributed by atoms with van der Waals surface area (Å²) in [5, 5.41) is 9.06. The van der Waals surface area contributed by atoms with E-state index in [-0.39, 0.29) is 0 Å². The van der Waals surface area contributed by atoms with Crippen LogP contribution in [0.1, 0.15) is 40.0 Å². The summed E-state index contributed by atoms with van der Waals surface area (Å²) < 4.78 is 5.18. The summed E-state index contributed by atoms with van der Waals surface area (Å²) in [7, 11) is 0. The highest BCUT2D eigenvalue weighted by Crippen LogP contribution is 2.35. The molecule has 0 aliphatic heterocycles. The van der Waals surface area contributed by atoms with Crippen LogP contribution in [0.4, 0.5) is 0 Å². The summed E-state index contributed by atoms with van der Waals surface area (Å²) in [5.41, 5.74) is 3.70. The molecule has 1 fully saturated rings. The van der Waals surface area contributed by atoms with Crippen LogP contribution in [0.25, 0.3) is 0 Å². The Morgan fingerprint density at radius 2 is 2.00 bits per heavy atom. The molecule has 1 aliphatic rings. The van der Waals surface area contributed by atoms with Gasteiger partial charge >= 0.3 is 11.9 Å². The van der Waals surface area contributed by atoms with E-state index in [0.29, 0.717) is 19.3 Å². The van der Waals surface area contributed by atoms with Crippen LogP contribution in [0.15, 0.2) is 0 Å². The molecule has 0 aromatic rings. The summed E-state index contributed by atoms with van der Waals surface area (Å²) in [6, 6.07) is 0. The van der Waals surface area contributed by atoms with Gasteiger partial charge in [-0.2, -0.15) is 0 Å². The summed E-state index contributed by atoms with van der Waals surface area (Å²) in [6.45, 7) is 5.25. The van der Waals surface area contributed by atoms with Crippen molar-refractivity contribution in [2.75, 3.05) is 0 Å². The SMILES string of the molecule is CC(C)(C)OC(=O)C1CCCC1(N)C(=O)O. The van der Waals surface area contributed by atoms with Gasteiger partial charge in [0.2, 0.25) is 0 Å². The zero-order chi connectivity index (χ0) is 12.6. The first kappa shape index (κ1) is 13.0. The van der Waals surface area contributed by atoms with Gasteiger partial charge in [-0.25, -0.2) is 0 Å². The summed E-state index contributed by atoms with van der Waals surface area (Å²) in [6.07, 6.45) is 1.46. The van der Waals surface area contributed by atoms with Gasteiger partial charge in [0.25, 0.3) is 0 Å². The molecule has 0 aromatic heterocycles. The van der Waals surface area contributed by atoms with E-state index in [0.717, 1.165) is 0 Å². The molecule has 0 heterocycles. The summed E-state index contributed by atoms with van der Waals surface area (Å²) in [4.78, 5) is 22.9. The molecule has 5 nitrogen and oxygen atoms in total. The number of ether oxygens (including phenoxy) is 1. The number of rotatable bonds is 2. The summed E-state index contributed by atoms with van der Waals surface area (Å²) in [5.74, 6) is -2.36. The fraction of sp³-hybridized carbons (Fsp3) is 0.818. The van der Waals surface area contributed by atoms with Crippen LogP contribution >= 0.6 is 0 Å². The first-order valence-electron chi connectivity index (χ1n) is 5.42. The van der Waals surface area contributed by atoms with Crippen molar-refractivity contribution in [3.05, 3.63) is 0 Å². The third-order valence-corrected chi connectivity index (χ3v) is 2.79. The number of hydrogen-bond acceptors (Lipinski definition) is 4. The average Bonchev–Trinajstić information content (AvgIpc) is 2.45. The Morgan fingerprint density at radius 1 is 1.44 bits per heavy atom. The van der Waals surface area contributed by atoms with Gasteiger partial charge in [0.05, 0.1) is 5.92 Å². The summed E-state index contributed by atoms with van der Waals surface area (Å²) >= 11 is 0. The number of carboxylic acids is 1. The molecule has 0 aromatic carbocycles. The highest BCUT2D eigenvalue weighted by Gasteiger charge is 2.51. The van der Waals surface area contributed by atoms with E-state index >= 15 is 0 Å². The molecule has 92 valence electrons. The maximum Gasteiger partial charge on any atom is 0.324 e. The number of hydrogen-bond donors (Lipinski definition) is 2. The predicted molar refractivity (Wildman–Crippen MR) is 57.7 cm³/mol. The zero-order valence-corrected chi connectivity index (χ0v) is 9.95. The molecule has 1 aliphatic carbocycles. The smallest absolute Gasteiger partial charge is 0.324 e. The van der Waals surface area contributed by atoms with Gasteiger partial charge < -0.3 is 15.6 Å². The van der Waals surface area contributed by atoms with Gasteiger partial charge in [0.1, 0.15) is 11.1 Å². The van der Waals surface area contributed by atoms with Gasteiger partial charge in [-0.1, -0.05) is 6.42 Å². The Hall–Kier alpha value is -1.10. The molecule has 16 heavy (non-hydrogen) atoms. The minimum atomic E-state index is -1.46. The van der Waals surface area contributed by atoms with Crippen molar-refractivity contribution in [3.8, 4) is 0 Å². The van der Waals surface area contributed by atoms with E-state index in [1.165, 1.54) is 0 Å². The Labute approximate surface area is 95.0 Å². The van der Waals surface area contributed by atoms with E-state index in [1.54, 1.807) is 20.8 Å². The molecular weight excluding hydrogens is 210 g/mol. The monoisotopic (exact) mass is 229 g/mol. The number of carbonyl (C=O) groups excluding carboxylic acids is 1. The van der Waals surface area contributed by atoms with Gasteiger partial charge in [0.15, 0.2) is 0 Å². The Balaban J connectivity index is 2.80. The molecule has 2 atom stereocenters. The fourth-order valence-electron chi connectivity index (χ4n) is 1.99. The third-order valence-electron chi connectivity index (χ3n) is 2.79. The van der Waals surface area contributed by atoms with Crippen molar-refractivity contribution in [2.24, 2.45) is 11.7 Å². The number of carboxylic acid groups (broad SMARTS) is 1. The molecule has 0 saturated heterocycles. The second kappa shape index (κ2) is 4.05. The van der Waals surface area contributed by atoms with E-state index in [9.17, 15) is 9.59 Å². The second-order valence-corrected chi connectivity index (χ2v) is 5.32. The van der Waals surface area contributed by atoms with Gasteiger partial charge in [0, 0.05) is 0 Å². The topological polar surface area (TPSA) is 89.6 Å². The van der Waals surface area contributed by atoms with Crippen molar-refractivity contribution >= 4 is 11.9 Å². The van der Waals surface area contributed by atoms with Crippen molar-refractivity contribution in [3.63, 3.8) is 0 Å². The van der Waals surface area contributed by atoms with Crippen molar-refractivity contribution in [1.82, 2.24) is 0 Å². The van der Waals surface area contributed by atoms with E-state index in [1.807, 2.05) is 0 Å². The van der Waals surface area contributed by atoms with Crippen molar-refractivity contribution in [2.45, 2.75) is 51.2 Å². The minimum Gasteiger partial charge on any atom is -0.480 e. The lowest BCUT2D eigenvalue weighted by Gasteiger charge is -2.28. The van der Waals surface area contributed by atoms with E-state index < -0.39 is 29.0 Å². The molecule has 2 unspecified atom stereocenters. The molecule has 3 N–H and O–H groups in total. The largest absolute Gasteiger partial charge is 0.480 e. The Morgan fingerprint density at radius 3 is 2.44 bits per heavy atom. The maximum absolute atomic E-state index is 11.8. The number of aliphatic carboxylic acids is 1. The maximum atomic E-state index is 11.8. The lowest BCUT2D eigenvalue weighted by molar-refractivity contribution is -0.166. The van der Waals surface area contributed by atoms with Crippen LogP contribution in [-0.4, -0.2) is 28.2 Å². The van der Waals surface area contributed by atoms with E-state index in [2.05, 4.69) is 0 Å².